The molecule has 3 N–H and O–H groups in total. The van der Waals surface area contributed by atoms with Crippen molar-refractivity contribution in [1.82, 2.24) is 10.2 Å². The van der Waals surface area contributed by atoms with Crippen molar-refractivity contribution < 1.29 is 14.3 Å². The molecule has 7 nitrogen and oxygen atoms in total. The number of ether oxygens (including phenoxy) is 2. The summed E-state index contributed by atoms with van der Waals surface area (Å²) < 4.78 is 10.5. The van der Waals surface area contributed by atoms with Crippen LogP contribution >= 0.6 is 0 Å². The maximum atomic E-state index is 10.8. The van der Waals surface area contributed by atoms with Crippen molar-refractivity contribution in [2.75, 3.05) is 40.4 Å². The lowest BCUT2D eigenvalue weighted by atomic mass is 9.98. The lowest BCUT2D eigenvalue weighted by Gasteiger charge is -2.22. The van der Waals surface area contributed by atoms with Gasteiger partial charge in [0.1, 0.15) is 11.5 Å². The minimum absolute atomic E-state index is 0.107. The molecule has 0 saturated carbocycles. The topological polar surface area (TPSA) is 89.2 Å². The summed E-state index contributed by atoms with van der Waals surface area (Å²) in [6.07, 6.45) is 1.98. The highest BCUT2D eigenvalue weighted by Gasteiger charge is 2.25. The van der Waals surface area contributed by atoms with E-state index in [0.717, 1.165) is 44.2 Å². The summed E-state index contributed by atoms with van der Waals surface area (Å²) in [7, 11) is 3.52. The van der Waals surface area contributed by atoms with Gasteiger partial charge in [0, 0.05) is 32.6 Å². The van der Waals surface area contributed by atoms with Gasteiger partial charge in [-0.1, -0.05) is 24.3 Å². The molecule has 1 unspecified atom stereocenters. The number of carbonyl (C=O) groups excluding carboxylic acids is 1. The van der Waals surface area contributed by atoms with Gasteiger partial charge in [0.05, 0.1) is 7.11 Å². The van der Waals surface area contributed by atoms with Crippen LogP contribution in [0.3, 0.4) is 0 Å². The van der Waals surface area contributed by atoms with E-state index >= 15 is 0 Å². The molecule has 1 amide bonds. The third-order valence-corrected chi connectivity index (χ3v) is 5.29. The molecule has 0 spiro atoms. The average molecular weight is 411 g/mol. The van der Waals surface area contributed by atoms with Crippen molar-refractivity contribution in [3.05, 3.63) is 59.7 Å². The molecular formula is C23H30N4O3. The molecule has 1 heterocycles. The lowest BCUT2D eigenvalue weighted by molar-refractivity contribution is -0.119. The summed E-state index contributed by atoms with van der Waals surface area (Å²) in [5, 5.41) is 3.47. The highest BCUT2D eigenvalue weighted by Crippen LogP contribution is 2.28. The molecule has 0 aliphatic carbocycles. The van der Waals surface area contributed by atoms with Crippen LogP contribution in [0.5, 0.6) is 11.5 Å². The highest BCUT2D eigenvalue weighted by molar-refractivity contribution is 5.80. The van der Waals surface area contributed by atoms with Crippen LogP contribution in [0, 0.1) is 0 Å². The van der Waals surface area contributed by atoms with E-state index in [1.807, 2.05) is 43.4 Å². The molecule has 1 fully saturated rings. The molecule has 7 heteroatoms. The maximum absolute atomic E-state index is 10.8. The van der Waals surface area contributed by atoms with Crippen molar-refractivity contribution >= 4 is 11.9 Å². The summed E-state index contributed by atoms with van der Waals surface area (Å²) in [6.45, 7) is 2.63. The van der Waals surface area contributed by atoms with E-state index < -0.39 is 5.91 Å². The van der Waals surface area contributed by atoms with E-state index in [9.17, 15) is 4.79 Å². The first kappa shape index (κ1) is 21.5. The number of benzene rings is 2. The van der Waals surface area contributed by atoms with E-state index in [1.54, 1.807) is 7.11 Å². The number of hydrogen-bond donors (Lipinski definition) is 2. The van der Waals surface area contributed by atoms with Gasteiger partial charge in [-0.25, -0.2) is 0 Å². The Bertz CT molecular complexity index is 850. The van der Waals surface area contributed by atoms with Gasteiger partial charge in [-0.05, 0) is 48.2 Å². The van der Waals surface area contributed by atoms with Gasteiger partial charge in [0.15, 0.2) is 12.6 Å². The second-order valence-corrected chi connectivity index (χ2v) is 7.33. The predicted molar refractivity (Wildman–Crippen MR) is 118 cm³/mol. The molecule has 2 aromatic rings. The second-order valence-electron chi connectivity index (χ2n) is 7.33. The Balaban J connectivity index is 1.46. The first-order chi connectivity index (χ1) is 14.6. The van der Waals surface area contributed by atoms with E-state index in [2.05, 4.69) is 27.3 Å². The number of methoxy groups -OCH3 is 1. The fraction of sp³-hybridized carbons (Fsp3) is 0.391. The first-order valence-corrected chi connectivity index (χ1v) is 10.2. The zero-order valence-electron chi connectivity index (χ0n) is 17.6. The number of nitrogens with two attached hydrogens (primary N) is 1. The number of nitrogens with one attached hydrogen (secondary N) is 1. The Morgan fingerprint density at radius 1 is 1.17 bits per heavy atom. The Kier molecular flexibility index (Phi) is 7.54. The molecular weight excluding hydrogens is 380 g/mol. The van der Waals surface area contributed by atoms with Crippen molar-refractivity contribution in [1.29, 1.82) is 0 Å². The third kappa shape index (κ3) is 5.89. The molecule has 0 aromatic heterocycles. The molecule has 1 saturated heterocycles. The normalized spacial score (nSPS) is 16.4. The summed E-state index contributed by atoms with van der Waals surface area (Å²) in [6, 6.07) is 16.1. The zero-order chi connectivity index (χ0) is 21.3. The number of hydrogen-bond acceptors (Lipinski definition) is 4. The Morgan fingerprint density at radius 2 is 1.87 bits per heavy atom. The van der Waals surface area contributed by atoms with Crippen LogP contribution in [0.2, 0.25) is 0 Å². The van der Waals surface area contributed by atoms with Crippen molar-refractivity contribution in [2.45, 2.75) is 18.8 Å². The van der Waals surface area contributed by atoms with Gasteiger partial charge in [0.25, 0.3) is 5.91 Å². The van der Waals surface area contributed by atoms with Crippen LogP contribution in [0.15, 0.2) is 53.5 Å². The van der Waals surface area contributed by atoms with Crippen molar-refractivity contribution in [3.63, 3.8) is 0 Å². The molecule has 3 rings (SSSR count). The maximum Gasteiger partial charge on any atom is 0.255 e. The van der Waals surface area contributed by atoms with Crippen LogP contribution in [-0.4, -0.2) is 57.2 Å². The van der Waals surface area contributed by atoms with Gasteiger partial charge >= 0.3 is 0 Å². The van der Waals surface area contributed by atoms with Gasteiger partial charge in [-0.3, -0.25) is 9.79 Å². The summed E-state index contributed by atoms with van der Waals surface area (Å²) in [5.74, 6) is 2.49. The van der Waals surface area contributed by atoms with Crippen LogP contribution in [0.25, 0.3) is 0 Å². The highest BCUT2D eigenvalue weighted by atomic mass is 16.5. The summed E-state index contributed by atoms with van der Waals surface area (Å²) in [4.78, 5) is 17.6. The quantitative estimate of drug-likeness (QED) is 0.514. The van der Waals surface area contributed by atoms with Crippen LogP contribution in [-0.2, 0) is 11.2 Å². The van der Waals surface area contributed by atoms with Gasteiger partial charge < -0.3 is 25.4 Å². The monoisotopic (exact) mass is 410 g/mol. The lowest BCUT2D eigenvalue weighted by Crippen LogP contribution is -2.40. The van der Waals surface area contributed by atoms with Crippen molar-refractivity contribution in [3.8, 4) is 11.5 Å². The standard InChI is InChI=1S/C23H30N4O3/c1-25-23(26-13-11-17-3-7-21(8-4-17)30-16-22(24)28)27-14-12-19(15-27)18-5-9-20(29-2)10-6-18/h3-10,19H,11-16H2,1-2H3,(H2,24,28)(H,25,26). The van der Waals surface area contributed by atoms with E-state index in [1.165, 1.54) is 11.1 Å². The van der Waals surface area contributed by atoms with Gasteiger partial charge in [-0.15, -0.1) is 0 Å². The average Bonchev–Trinajstić information content (AvgIpc) is 3.26. The van der Waals surface area contributed by atoms with Crippen LogP contribution in [0.4, 0.5) is 0 Å². The van der Waals surface area contributed by atoms with Gasteiger partial charge in [0.2, 0.25) is 0 Å². The Hall–Kier alpha value is -3.22. The smallest absolute Gasteiger partial charge is 0.255 e. The number of rotatable bonds is 8. The predicted octanol–water partition coefficient (Wildman–Crippen LogP) is 2.17. The van der Waals surface area contributed by atoms with E-state index in [4.69, 9.17) is 15.2 Å². The number of likely N-dealkylation sites (tertiary alicyclic amines) is 1. The van der Waals surface area contributed by atoms with Crippen molar-refractivity contribution in [2.24, 2.45) is 10.7 Å². The molecule has 0 bridgehead atoms. The van der Waals surface area contributed by atoms with E-state index in [-0.39, 0.29) is 6.61 Å². The summed E-state index contributed by atoms with van der Waals surface area (Å²) >= 11 is 0. The third-order valence-electron chi connectivity index (χ3n) is 5.29. The molecule has 30 heavy (non-hydrogen) atoms. The number of nitrogens with zero attached hydrogens (tertiary/aromatic N) is 2. The Labute approximate surface area is 177 Å². The number of guanidine groups is 1. The molecule has 1 aliphatic rings. The molecule has 1 atom stereocenters. The number of amides is 1. The van der Waals surface area contributed by atoms with Gasteiger partial charge in [-0.2, -0.15) is 0 Å². The SMILES string of the molecule is CN=C(NCCc1ccc(OCC(N)=O)cc1)N1CCC(c2ccc(OC)cc2)C1. The van der Waals surface area contributed by atoms with E-state index in [0.29, 0.717) is 11.7 Å². The molecule has 0 radical (unpaired) electrons. The number of carbonyl (C=O) groups is 1. The number of aliphatic imine (C=N–C) groups is 1. The number of primary amides is 1. The molecule has 2 aromatic carbocycles. The molecule has 1 aliphatic heterocycles. The Morgan fingerprint density at radius 3 is 2.50 bits per heavy atom. The minimum atomic E-state index is -0.481. The minimum Gasteiger partial charge on any atom is -0.497 e. The van der Waals surface area contributed by atoms with Crippen LogP contribution < -0.4 is 20.5 Å². The largest absolute Gasteiger partial charge is 0.497 e. The zero-order valence-corrected chi connectivity index (χ0v) is 17.6. The fourth-order valence-electron chi connectivity index (χ4n) is 3.66. The first-order valence-electron chi connectivity index (χ1n) is 10.2. The summed E-state index contributed by atoms with van der Waals surface area (Å²) in [5.41, 5.74) is 7.61. The molecule has 160 valence electrons. The van der Waals surface area contributed by atoms with Crippen LogP contribution in [0.1, 0.15) is 23.5 Å². The fourth-order valence-corrected chi connectivity index (χ4v) is 3.66. The second kappa shape index (κ2) is 10.5.